The first-order valence-corrected chi connectivity index (χ1v) is 7.17. The minimum atomic E-state index is 0.553. The standard InChI is InChI=1S/C14H30N2/c1-4-12(5-2)10-14(16-15)13-8-6-11(3)7-9-13/h11-14,16H,4-10,15H2,1-3H3. The maximum absolute atomic E-state index is 5.75. The summed E-state index contributed by atoms with van der Waals surface area (Å²) < 4.78 is 0. The van der Waals surface area contributed by atoms with Crippen molar-refractivity contribution in [2.45, 2.75) is 71.8 Å². The number of nitrogens with one attached hydrogen (secondary N) is 1. The van der Waals surface area contributed by atoms with E-state index in [2.05, 4.69) is 26.2 Å². The average Bonchev–Trinajstić information content (AvgIpc) is 2.32. The van der Waals surface area contributed by atoms with E-state index in [4.69, 9.17) is 5.84 Å². The molecule has 0 heterocycles. The van der Waals surface area contributed by atoms with Gasteiger partial charge in [0.05, 0.1) is 0 Å². The Balaban J connectivity index is 2.40. The average molecular weight is 226 g/mol. The van der Waals surface area contributed by atoms with Gasteiger partial charge in [0, 0.05) is 6.04 Å². The second-order valence-electron chi connectivity index (χ2n) is 5.71. The fraction of sp³-hybridized carbons (Fsp3) is 1.00. The summed E-state index contributed by atoms with van der Waals surface area (Å²) in [6.45, 7) is 6.97. The number of hydrazine groups is 1. The van der Waals surface area contributed by atoms with Gasteiger partial charge in [-0.1, -0.05) is 46.5 Å². The van der Waals surface area contributed by atoms with E-state index < -0.39 is 0 Å². The summed E-state index contributed by atoms with van der Waals surface area (Å²) in [6, 6.07) is 0.553. The second kappa shape index (κ2) is 7.29. The molecule has 0 radical (unpaired) electrons. The molecule has 1 atom stereocenters. The van der Waals surface area contributed by atoms with Crippen molar-refractivity contribution in [3.63, 3.8) is 0 Å². The summed E-state index contributed by atoms with van der Waals surface area (Å²) >= 11 is 0. The molecule has 0 aliphatic heterocycles. The zero-order valence-corrected chi connectivity index (χ0v) is 11.3. The van der Waals surface area contributed by atoms with E-state index in [1.165, 1.54) is 44.9 Å². The lowest BCUT2D eigenvalue weighted by molar-refractivity contribution is 0.203. The van der Waals surface area contributed by atoms with Crippen LogP contribution in [-0.4, -0.2) is 6.04 Å². The lowest BCUT2D eigenvalue weighted by atomic mass is 9.76. The maximum Gasteiger partial charge on any atom is 0.0241 e. The van der Waals surface area contributed by atoms with Gasteiger partial charge in [-0.15, -0.1) is 0 Å². The van der Waals surface area contributed by atoms with E-state index in [-0.39, 0.29) is 0 Å². The number of hydrogen-bond acceptors (Lipinski definition) is 2. The monoisotopic (exact) mass is 226 g/mol. The molecule has 1 aliphatic carbocycles. The molecule has 1 saturated carbocycles. The van der Waals surface area contributed by atoms with Crippen molar-refractivity contribution in [2.75, 3.05) is 0 Å². The van der Waals surface area contributed by atoms with Crippen molar-refractivity contribution in [2.24, 2.45) is 23.6 Å². The highest BCUT2D eigenvalue weighted by Gasteiger charge is 2.26. The SMILES string of the molecule is CCC(CC)CC(NN)C1CCC(C)CC1. The van der Waals surface area contributed by atoms with Crippen LogP contribution in [0.15, 0.2) is 0 Å². The van der Waals surface area contributed by atoms with Crippen LogP contribution in [0, 0.1) is 17.8 Å². The van der Waals surface area contributed by atoms with Gasteiger partial charge in [0.15, 0.2) is 0 Å². The Kier molecular flexibility index (Phi) is 6.37. The molecule has 0 saturated heterocycles. The molecule has 96 valence electrons. The second-order valence-corrected chi connectivity index (χ2v) is 5.71. The van der Waals surface area contributed by atoms with Gasteiger partial charge < -0.3 is 0 Å². The predicted octanol–water partition coefficient (Wildman–Crippen LogP) is 3.47. The molecule has 0 spiro atoms. The number of hydrogen-bond donors (Lipinski definition) is 2. The van der Waals surface area contributed by atoms with Gasteiger partial charge in [0.2, 0.25) is 0 Å². The third-order valence-electron chi connectivity index (χ3n) is 4.59. The fourth-order valence-electron chi connectivity index (χ4n) is 3.07. The molecule has 0 amide bonds. The highest BCUT2D eigenvalue weighted by molar-refractivity contribution is 4.81. The summed E-state index contributed by atoms with van der Waals surface area (Å²) in [4.78, 5) is 0. The van der Waals surface area contributed by atoms with Gasteiger partial charge in [-0.05, 0) is 37.0 Å². The molecule has 1 rings (SSSR count). The molecule has 0 aromatic carbocycles. The van der Waals surface area contributed by atoms with Gasteiger partial charge in [-0.25, -0.2) is 0 Å². The zero-order chi connectivity index (χ0) is 12.0. The lowest BCUT2D eigenvalue weighted by Gasteiger charge is -2.34. The van der Waals surface area contributed by atoms with Crippen LogP contribution >= 0.6 is 0 Å². The van der Waals surface area contributed by atoms with Crippen molar-refractivity contribution in [1.82, 2.24) is 5.43 Å². The molecule has 0 bridgehead atoms. The third kappa shape index (κ3) is 4.06. The molecule has 1 aliphatic rings. The van der Waals surface area contributed by atoms with Crippen LogP contribution in [0.4, 0.5) is 0 Å². The van der Waals surface area contributed by atoms with E-state index in [0.717, 1.165) is 17.8 Å². The quantitative estimate of drug-likeness (QED) is 0.537. The molecule has 0 aromatic rings. The van der Waals surface area contributed by atoms with E-state index in [1.807, 2.05) is 0 Å². The zero-order valence-electron chi connectivity index (χ0n) is 11.3. The summed E-state index contributed by atoms with van der Waals surface area (Å²) in [6.07, 6.45) is 9.38. The number of nitrogens with two attached hydrogens (primary N) is 1. The smallest absolute Gasteiger partial charge is 0.0241 e. The van der Waals surface area contributed by atoms with Crippen LogP contribution in [0.3, 0.4) is 0 Å². The first-order chi connectivity index (χ1) is 7.71. The molecule has 3 N–H and O–H groups in total. The first kappa shape index (κ1) is 14.0. The first-order valence-electron chi connectivity index (χ1n) is 7.17. The van der Waals surface area contributed by atoms with E-state index in [9.17, 15) is 0 Å². The Hall–Kier alpha value is -0.0800. The Morgan fingerprint density at radius 1 is 1.12 bits per heavy atom. The maximum atomic E-state index is 5.75. The predicted molar refractivity (Wildman–Crippen MR) is 70.9 cm³/mol. The summed E-state index contributed by atoms with van der Waals surface area (Å²) in [5.74, 6) is 8.35. The van der Waals surface area contributed by atoms with Crippen molar-refractivity contribution < 1.29 is 0 Å². The van der Waals surface area contributed by atoms with Crippen molar-refractivity contribution >= 4 is 0 Å². The highest BCUT2D eigenvalue weighted by atomic mass is 15.2. The minimum absolute atomic E-state index is 0.553. The fourth-order valence-corrected chi connectivity index (χ4v) is 3.07. The number of rotatable bonds is 6. The molecule has 1 fully saturated rings. The Bertz CT molecular complexity index is 170. The van der Waals surface area contributed by atoms with E-state index >= 15 is 0 Å². The molecule has 0 aromatic heterocycles. The van der Waals surface area contributed by atoms with Crippen LogP contribution < -0.4 is 11.3 Å². The van der Waals surface area contributed by atoms with E-state index in [1.54, 1.807) is 0 Å². The van der Waals surface area contributed by atoms with Crippen molar-refractivity contribution in [3.05, 3.63) is 0 Å². The molecular formula is C14H30N2. The molecule has 2 nitrogen and oxygen atoms in total. The van der Waals surface area contributed by atoms with Crippen molar-refractivity contribution in [1.29, 1.82) is 0 Å². The van der Waals surface area contributed by atoms with E-state index in [0.29, 0.717) is 6.04 Å². The molecular weight excluding hydrogens is 196 g/mol. The van der Waals surface area contributed by atoms with Gasteiger partial charge >= 0.3 is 0 Å². The largest absolute Gasteiger partial charge is 0.271 e. The molecule has 2 heteroatoms. The molecule has 1 unspecified atom stereocenters. The van der Waals surface area contributed by atoms with Gasteiger partial charge in [0.1, 0.15) is 0 Å². The van der Waals surface area contributed by atoms with Gasteiger partial charge in [-0.2, -0.15) is 0 Å². The Morgan fingerprint density at radius 3 is 2.12 bits per heavy atom. The van der Waals surface area contributed by atoms with Crippen LogP contribution in [0.25, 0.3) is 0 Å². The van der Waals surface area contributed by atoms with Gasteiger partial charge in [-0.3, -0.25) is 11.3 Å². The summed E-state index contributed by atoms with van der Waals surface area (Å²) in [5.41, 5.74) is 3.09. The summed E-state index contributed by atoms with van der Waals surface area (Å²) in [7, 11) is 0. The minimum Gasteiger partial charge on any atom is -0.271 e. The highest BCUT2D eigenvalue weighted by Crippen LogP contribution is 2.32. The van der Waals surface area contributed by atoms with Crippen molar-refractivity contribution in [3.8, 4) is 0 Å². The van der Waals surface area contributed by atoms with Crippen LogP contribution in [0.1, 0.15) is 65.7 Å². The summed E-state index contributed by atoms with van der Waals surface area (Å²) in [5, 5.41) is 0. The topological polar surface area (TPSA) is 38.0 Å². The third-order valence-corrected chi connectivity index (χ3v) is 4.59. The van der Waals surface area contributed by atoms with Crippen LogP contribution in [-0.2, 0) is 0 Å². The Labute approximate surface area is 101 Å². The lowest BCUT2D eigenvalue weighted by Crippen LogP contribution is -2.43. The van der Waals surface area contributed by atoms with Gasteiger partial charge in [0.25, 0.3) is 0 Å². The normalized spacial score (nSPS) is 28.3. The Morgan fingerprint density at radius 2 is 1.69 bits per heavy atom. The van der Waals surface area contributed by atoms with Crippen LogP contribution in [0.5, 0.6) is 0 Å². The molecule has 16 heavy (non-hydrogen) atoms. The van der Waals surface area contributed by atoms with Crippen LogP contribution in [0.2, 0.25) is 0 Å².